The van der Waals surface area contributed by atoms with Crippen molar-refractivity contribution in [3.05, 3.63) is 29.8 Å². The molecule has 0 aliphatic carbocycles. The first-order valence-electron chi connectivity index (χ1n) is 6.63. The summed E-state index contributed by atoms with van der Waals surface area (Å²) >= 11 is 0. The number of rotatable bonds is 4. The molecular weight excluding hydrogens is 271 g/mol. The summed E-state index contributed by atoms with van der Waals surface area (Å²) in [5.74, 6) is 0.296. The normalized spacial score (nSPS) is 18.8. The van der Waals surface area contributed by atoms with E-state index in [-0.39, 0.29) is 11.8 Å². The number of ether oxygens (including phenoxy) is 2. The van der Waals surface area contributed by atoms with Crippen LogP contribution in [0.15, 0.2) is 24.3 Å². The van der Waals surface area contributed by atoms with Crippen LogP contribution in [0.1, 0.15) is 30.9 Å². The van der Waals surface area contributed by atoms with E-state index >= 15 is 0 Å². The summed E-state index contributed by atoms with van der Waals surface area (Å²) in [5, 5.41) is 0. The Labute approximate surface area is 115 Å². The van der Waals surface area contributed by atoms with Crippen LogP contribution < -0.4 is 10.5 Å². The minimum atomic E-state index is -4.66. The van der Waals surface area contributed by atoms with Gasteiger partial charge in [0.15, 0.2) is 0 Å². The van der Waals surface area contributed by atoms with Gasteiger partial charge >= 0.3 is 6.36 Å². The summed E-state index contributed by atoms with van der Waals surface area (Å²) in [5.41, 5.74) is 6.92. The van der Waals surface area contributed by atoms with Gasteiger partial charge in [-0.3, -0.25) is 0 Å². The lowest BCUT2D eigenvalue weighted by Gasteiger charge is -2.25. The van der Waals surface area contributed by atoms with Crippen LogP contribution in [0.3, 0.4) is 0 Å². The molecular formula is C14H18F3NO2. The molecule has 20 heavy (non-hydrogen) atoms. The maximum absolute atomic E-state index is 12.1. The highest BCUT2D eigenvalue weighted by Gasteiger charge is 2.31. The highest BCUT2D eigenvalue weighted by molar-refractivity contribution is 5.29. The second-order valence-corrected chi connectivity index (χ2v) is 5.01. The predicted octanol–water partition coefficient (Wildman–Crippen LogP) is 3.40. The Morgan fingerprint density at radius 1 is 1.20 bits per heavy atom. The molecule has 1 unspecified atom stereocenters. The Morgan fingerprint density at radius 3 is 2.35 bits per heavy atom. The van der Waals surface area contributed by atoms with Crippen LogP contribution in [0.2, 0.25) is 0 Å². The van der Waals surface area contributed by atoms with E-state index in [1.54, 1.807) is 12.1 Å². The van der Waals surface area contributed by atoms with Gasteiger partial charge in [0.05, 0.1) is 0 Å². The Kier molecular flexibility index (Phi) is 4.88. The minimum absolute atomic E-state index is 0.168. The Morgan fingerprint density at radius 2 is 1.80 bits per heavy atom. The minimum Gasteiger partial charge on any atom is -0.406 e. The third-order valence-electron chi connectivity index (χ3n) is 3.47. The maximum atomic E-state index is 12.1. The summed E-state index contributed by atoms with van der Waals surface area (Å²) in [6.45, 7) is 1.52. The van der Waals surface area contributed by atoms with Crippen molar-refractivity contribution in [2.75, 3.05) is 13.2 Å². The number of hydrogen-bond donors (Lipinski definition) is 1. The van der Waals surface area contributed by atoms with Gasteiger partial charge < -0.3 is 15.2 Å². The van der Waals surface area contributed by atoms with Crippen molar-refractivity contribution in [1.29, 1.82) is 0 Å². The van der Waals surface area contributed by atoms with Crippen LogP contribution >= 0.6 is 0 Å². The van der Waals surface area contributed by atoms with Crippen molar-refractivity contribution < 1.29 is 22.6 Å². The summed E-state index contributed by atoms with van der Waals surface area (Å²) in [6, 6.07) is 5.60. The van der Waals surface area contributed by atoms with Crippen LogP contribution in [0.5, 0.6) is 5.75 Å². The maximum Gasteiger partial charge on any atom is 0.573 e. The van der Waals surface area contributed by atoms with Crippen molar-refractivity contribution in [2.24, 2.45) is 11.7 Å². The molecule has 3 nitrogen and oxygen atoms in total. The van der Waals surface area contributed by atoms with E-state index in [2.05, 4.69) is 4.74 Å². The summed E-state index contributed by atoms with van der Waals surface area (Å²) in [6.07, 6.45) is -1.86. The molecule has 2 N–H and O–H groups in total. The van der Waals surface area contributed by atoms with E-state index in [1.807, 2.05) is 0 Å². The van der Waals surface area contributed by atoms with E-state index < -0.39 is 6.36 Å². The monoisotopic (exact) mass is 289 g/mol. The topological polar surface area (TPSA) is 44.5 Å². The molecule has 2 rings (SSSR count). The van der Waals surface area contributed by atoms with Gasteiger partial charge in [0.2, 0.25) is 0 Å². The van der Waals surface area contributed by atoms with Gasteiger partial charge in [0.1, 0.15) is 5.75 Å². The number of halogens is 3. The molecule has 0 amide bonds. The lowest BCUT2D eigenvalue weighted by Crippen LogP contribution is -2.21. The van der Waals surface area contributed by atoms with E-state index in [0.29, 0.717) is 5.92 Å². The molecule has 1 saturated heterocycles. The first-order chi connectivity index (χ1) is 9.44. The molecule has 112 valence electrons. The van der Waals surface area contributed by atoms with Crippen LogP contribution in [0.4, 0.5) is 13.2 Å². The lowest BCUT2D eigenvalue weighted by molar-refractivity contribution is -0.274. The van der Waals surface area contributed by atoms with E-state index in [1.165, 1.54) is 12.1 Å². The van der Waals surface area contributed by atoms with Gasteiger partial charge in [-0.05, 0) is 42.9 Å². The molecule has 0 spiro atoms. The highest BCUT2D eigenvalue weighted by Crippen LogP contribution is 2.28. The van der Waals surface area contributed by atoms with Crippen molar-refractivity contribution in [3.63, 3.8) is 0 Å². The third-order valence-corrected chi connectivity index (χ3v) is 3.47. The molecule has 1 fully saturated rings. The van der Waals surface area contributed by atoms with E-state index in [0.717, 1.165) is 38.0 Å². The standard InChI is InChI=1S/C14H18F3NO2/c15-14(16,17)20-12-3-1-11(2-4-12)13(18)9-10-5-7-19-8-6-10/h1-4,10,13H,5-9,18H2. The van der Waals surface area contributed by atoms with Crippen LogP contribution in [0, 0.1) is 5.92 Å². The number of nitrogens with two attached hydrogens (primary N) is 1. The quantitative estimate of drug-likeness (QED) is 0.924. The molecule has 1 aliphatic rings. The first kappa shape index (κ1) is 15.1. The van der Waals surface area contributed by atoms with Crippen LogP contribution in [0.25, 0.3) is 0 Å². The zero-order valence-electron chi connectivity index (χ0n) is 11.0. The molecule has 0 radical (unpaired) electrons. The predicted molar refractivity (Wildman–Crippen MR) is 68.2 cm³/mol. The number of benzene rings is 1. The third kappa shape index (κ3) is 4.68. The number of alkyl halides is 3. The van der Waals surface area contributed by atoms with E-state index in [4.69, 9.17) is 10.5 Å². The molecule has 6 heteroatoms. The molecule has 0 bridgehead atoms. The fraction of sp³-hybridized carbons (Fsp3) is 0.571. The van der Waals surface area contributed by atoms with Gasteiger partial charge in [0, 0.05) is 19.3 Å². The summed E-state index contributed by atoms with van der Waals surface area (Å²) in [4.78, 5) is 0. The Bertz CT molecular complexity index is 413. The van der Waals surface area contributed by atoms with Gasteiger partial charge in [0.25, 0.3) is 0 Å². The molecule has 1 atom stereocenters. The molecule has 1 heterocycles. The average Bonchev–Trinajstić information content (AvgIpc) is 2.39. The van der Waals surface area contributed by atoms with Crippen molar-refractivity contribution in [2.45, 2.75) is 31.7 Å². The van der Waals surface area contributed by atoms with Crippen molar-refractivity contribution in [3.8, 4) is 5.75 Å². The smallest absolute Gasteiger partial charge is 0.406 e. The molecule has 0 aromatic heterocycles. The Balaban J connectivity index is 1.91. The average molecular weight is 289 g/mol. The van der Waals surface area contributed by atoms with Crippen LogP contribution in [-0.2, 0) is 4.74 Å². The van der Waals surface area contributed by atoms with E-state index in [9.17, 15) is 13.2 Å². The molecule has 1 aromatic rings. The first-order valence-corrected chi connectivity index (χ1v) is 6.63. The summed E-state index contributed by atoms with van der Waals surface area (Å²) < 4.78 is 45.3. The Hall–Kier alpha value is -1.27. The molecule has 1 aromatic carbocycles. The van der Waals surface area contributed by atoms with Crippen molar-refractivity contribution >= 4 is 0 Å². The summed E-state index contributed by atoms with van der Waals surface area (Å²) in [7, 11) is 0. The molecule has 0 saturated carbocycles. The largest absolute Gasteiger partial charge is 0.573 e. The highest BCUT2D eigenvalue weighted by atomic mass is 19.4. The second-order valence-electron chi connectivity index (χ2n) is 5.01. The van der Waals surface area contributed by atoms with Crippen LogP contribution in [-0.4, -0.2) is 19.6 Å². The second kappa shape index (κ2) is 6.45. The lowest BCUT2D eigenvalue weighted by atomic mass is 9.90. The zero-order valence-corrected chi connectivity index (χ0v) is 11.0. The van der Waals surface area contributed by atoms with Gasteiger partial charge in [-0.1, -0.05) is 12.1 Å². The SMILES string of the molecule is NC(CC1CCOCC1)c1ccc(OC(F)(F)F)cc1. The fourth-order valence-electron chi connectivity index (χ4n) is 2.39. The molecule has 1 aliphatic heterocycles. The fourth-order valence-corrected chi connectivity index (χ4v) is 2.39. The van der Waals surface area contributed by atoms with Gasteiger partial charge in [-0.2, -0.15) is 0 Å². The number of hydrogen-bond acceptors (Lipinski definition) is 3. The van der Waals surface area contributed by atoms with Crippen molar-refractivity contribution in [1.82, 2.24) is 0 Å². The van der Waals surface area contributed by atoms with Gasteiger partial charge in [-0.15, -0.1) is 13.2 Å². The van der Waals surface area contributed by atoms with Gasteiger partial charge in [-0.25, -0.2) is 0 Å². The zero-order chi connectivity index (χ0) is 14.6.